The Kier molecular flexibility index (Phi) is 5.21. The van der Waals surface area contributed by atoms with Crippen molar-refractivity contribution in [1.82, 2.24) is 5.32 Å². The van der Waals surface area contributed by atoms with Gasteiger partial charge in [0, 0.05) is 17.5 Å². The van der Waals surface area contributed by atoms with E-state index in [4.69, 9.17) is 4.74 Å². The number of aryl methyl sites for hydroxylation is 3. The number of ether oxygens (including phenoxy) is 1. The lowest BCUT2D eigenvalue weighted by Crippen LogP contribution is -2.24. The highest BCUT2D eigenvalue weighted by atomic mass is 32.1. The average molecular weight is 289 g/mol. The molecule has 0 aliphatic rings. The van der Waals surface area contributed by atoms with Crippen molar-refractivity contribution >= 4 is 11.3 Å². The number of hydrogen-bond donors (Lipinski definition) is 1. The molecule has 0 fully saturated rings. The Bertz CT molecular complexity index is 525. The maximum atomic E-state index is 5.93. The summed E-state index contributed by atoms with van der Waals surface area (Å²) < 4.78 is 5.93. The van der Waals surface area contributed by atoms with E-state index >= 15 is 0 Å². The zero-order valence-corrected chi connectivity index (χ0v) is 13.5. The normalized spacial score (nSPS) is 12.4. The summed E-state index contributed by atoms with van der Waals surface area (Å²) in [6.45, 7) is 10.1. The van der Waals surface area contributed by atoms with Crippen LogP contribution in [0.1, 0.15) is 34.5 Å². The highest BCUT2D eigenvalue weighted by molar-refractivity contribution is 7.10. The molecule has 1 heterocycles. The molecule has 1 atom stereocenters. The first kappa shape index (κ1) is 15.1. The summed E-state index contributed by atoms with van der Waals surface area (Å²) in [6, 6.07) is 8.98. The summed E-state index contributed by atoms with van der Waals surface area (Å²) in [5, 5.41) is 5.61. The molecule has 1 aromatic carbocycles. The Hall–Kier alpha value is -1.32. The van der Waals surface area contributed by atoms with Crippen molar-refractivity contribution in [2.75, 3.05) is 13.2 Å². The molecule has 0 spiro atoms. The summed E-state index contributed by atoms with van der Waals surface area (Å²) in [7, 11) is 0. The predicted molar refractivity (Wildman–Crippen MR) is 86.9 cm³/mol. The lowest BCUT2D eigenvalue weighted by molar-refractivity contribution is 0.304. The Labute approximate surface area is 125 Å². The highest BCUT2D eigenvalue weighted by Crippen LogP contribution is 2.24. The summed E-state index contributed by atoms with van der Waals surface area (Å²) in [4.78, 5) is 1.37. The Morgan fingerprint density at radius 3 is 2.50 bits per heavy atom. The smallest absolute Gasteiger partial charge is 0.125 e. The van der Waals surface area contributed by atoms with E-state index in [1.807, 2.05) is 0 Å². The van der Waals surface area contributed by atoms with Crippen LogP contribution < -0.4 is 10.1 Å². The second kappa shape index (κ2) is 6.91. The van der Waals surface area contributed by atoms with Crippen LogP contribution in [0.15, 0.2) is 29.6 Å². The quantitative estimate of drug-likeness (QED) is 0.796. The maximum Gasteiger partial charge on any atom is 0.125 e. The van der Waals surface area contributed by atoms with Crippen LogP contribution in [0.25, 0.3) is 0 Å². The molecule has 108 valence electrons. The van der Waals surface area contributed by atoms with Crippen LogP contribution in [0.3, 0.4) is 0 Å². The van der Waals surface area contributed by atoms with Gasteiger partial charge in [0.05, 0.1) is 0 Å². The van der Waals surface area contributed by atoms with Crippen LogP contribution in [-0.2, 0) is 0 Å². The largest absolute Gasteiger partial charge is 0.492 e. The van der Waals surface area contributed by atoms with E-state index in [2.05, 4.69) is 62.7 Å². The monoisotopic (exact) mass is 289 g/mol. The van der Waals surface area contributed by atoms with Gasteiger partial charge in [-0.1, -0.05) is 23.8 Å². The molecule has 0 aliphatic carbocycles. The first-order valence-corrected chi connectivity index (χ1v) is 7.93. The molecule has 0 radical (unpaired) electrons. The third kappa shape index (κ3) is 3.84. The molecule has 20 heavy (non-hydrogen) atoms. The highest BCUT2D eigenvalue weighted by Gasteiger charge is 2.07. The molecule has 1 aromatic heterocycles. The standard InChI is InChI=1S/C17H23NOS/c1-12-10-13(2)17(14(3)11-12)19-8-7-18-15(4)16-6-5-9-20-16/h5-6,9-11,15,18H,7-8H2,1-4H3. The molecule has 2 rings (SSSR count). The third-order valence-corrected chi connectivity index (χ3v) is 4.43. The zero-order chi connectivity index (χ0) is 14.5. The molecule has 0 saturated carbocycles. The number of benzene rings is 1. The van der Waals surface area contributed by atoms with Gasteiger partial charge in [-0.3, -0.25) is 0 Å². The summed E-state index contributed by atoms with van der Waals surface area (Å²) >= 11 is 1.79. The number of rotatable bonds is 6. The van der Waals surface area contributed by atoms with Crippen molar-refractivity contribution in [3.8, 4) is 5.75 Å². The molecule has 0 bridgehead atoms. The van der Waals surface area contributed by atoms with Gasteiger partial charge < -0.3 is 10.1 Å². The minimum absolute atomic E-state index is 0.388. The van der Waals surface area contributed by atoms with E-state index in [0.717, 1.165) is 12.3 Å². The minimum atomic E-state index is 0.388. The molecule has 2 nitrogen and oxygen atoms in total. The number of nitrogens with one attached hydrogen (secondary N) is 1. The van der Waals surface area contributed by atoms with Gasteiger partial charge in [-0.15, -0.1) is 11.3 Å². The van der Waals surface area contributed by atoms with E-state index < -0.39 is 0 Å². The van der Waals surface area contributed by atoms with Crippen molar-refractivity contribution in [2.24, 2.45) is 0 Å². The van der Waals surface area contributed by atoms with Gasteiger partial charge >= 0.3 is 0 Å². The molecule has 2 aromatic rings. The van der Waals surface area contributed by atoms with Crippen LogP contribution in [0.4, 0.5) is 0 Å². The fraction of sp³-hybridized carbons (Fsp3) is 0.412. The summed E-state index contributed by atoms with van der Waals surface area (Å²) in [6.07, 6.45) is 0. The molecular weight excluding hydrogens is 266 g/mol. The van der Waals surface area contributed by atoms with Gasteiger partial charge in [-0.05, 0) is 50.3 Å². The lowest BCUT2D eigenvalue weighted by Gasteiger charge is -2.15. The van der Waals surface area contributed by atoms with Gasteiger partial charge in [0.2, 0.25) is 0 Å². The predicted octanol–water partition coefficient (Wildman–Crippen LogP) is 4.40. The Morgan fingerprint density at radius 2 is 1.90 bits per heavy atom. The second-order valence-corrected chi connectivity index (χ2v) is 6.25. The fourth-order valence-corrected chi connectivity index (χ4v) is 3.22. The molecule has 1 N–H and O–H groups in total. The van der Waals surface area contributed by atoms with Crippen LogP contribution in [0.5, 0.6) is 5.75 Å². The Balaban J connectivity index is 1.82. The van der Waals surface area contributed by atoms with Gasteiger partial charge in [-0.25, -0.2) is 0 Å². The van der Waals surface area contributed by atoms with E-state index in [9.17, 15) is 0 Å². The molecule has 0 saturated heterocycles. The fourth-order valence-electron chi connectivity index (χ4n) is 2.46. The second-order valence-electron chi connectivity index (χ2n) is 5.27. The van der Waals surface area contributed by atoms with Gasteiger partial charge in [0.15, 0.2) is 0 Å². The van der Waals surface area contributed by atoms with Gasteiger partial charge in [0.25, 0.3) is 0 Å². The van der Waals surface area contributed by atoms with Crippen molar-refractivity contribution in [2.45, 2.75) is 33.7 Å². The molecule has 1 unspecified atom stereocenters. The van der Waals surface area contributed by atoms with E-state index in [1.54, 1.807) is 11.3 Å². The number of thiophene rings is 1. The number of hydrogen-bond acceptors (Lipinski definition) is 3. The third-order valence-electron chi connectivity index (χ3n) is 3.37. The van der Waals surface area contributed by atoms with Crippen LogP contribution in [-0.4, -0.2) is 13.2 Å². The van der Waals surface area contributed by atoms with Gasteiger partial charge in [-0.2, -0.15) is 0 Å². The molecular formula is C17H23NOS. The Morgan fingerprint density at radius 1 is 1.20 bits per heavy atom. The lowest BCUT2D eigenvalue weighted by atomic mass is 10.1. The molecule has 0 aliphatic heterocycles. The SMILES string of the molecule is Cc1cc(C)c(OCCNC(C)c2cccs2)c(C)c1. The van der Waals surface area contributed by atoms with E-state index in [1.165, 1.54) is 21.6 Å². The van der Waals surface area contributed by atoms with Crippen molar-refractivity contribution in [3.63, 3.8) is 0 Å². The summed E-state index contributed by atoms with van der Waals surface area (Å²) in [5.74, 6) is 1.03. The average Bonchev–Trinajstić information content (AvgIpc) is 2.90. The van der Waals surface area contributed by atoms with Crippen LogP contribution >= 0.6 is 11.3 Å². The zero-order valence-electron chi connectivity index (χ0n) is 12.7. The first-order valence-electron chi connectivity index (χ1n) is 7.05. The van der Waals surface area contributed by atoms with Crippen molar-refractivity contribution in [1.29, 1.82) is 0 Å². The van der Waals surface area contributed by atoms with Crippen molar-refractivity contribution < 1.29 is 4.74 Å². The van der Waals surface area contributed by atoms with Gasteiger partial charge in [0.1, 0.15) is 12.4 Å². The van der Waals surface area contributed by atoms with Crippen LogP contribution in [0.2, 0.25) is 0 Å². The molecule has 3 heteroatoms. The van der Waals surface area contributed by atoms with Crippen molar-refractivity contribution in [3.05, 3.63) is 51.2 Å². The maximum absolute atomic E-state index is 5.93. The van der Waals surface area contributed by atoms with Crippen LogP contribution in [0, 0.1) is 20.8 Å². The minimum Gasteiger partial charge on any atom is -0.492 e. The van der Waals surface area contributed by atoms with E-state index in [-0.39, 0.29) is 0 Å². The first-order chi connectivity index (χ1) is 9.58. The topological polar surface area (TPSA) is 21.3 Å². The molecule has 0 amide bonds. The van der Waals surface area contributed by atoms with E-state index in [0.29, 0.717) is 12.6 Å². The summed E-state index contributed by atoms with van der Waals surface area (Å²) in [5.41, 5.74) is 3.72.